The number of carbonyl (C=O) groups excluding carboxylic acids is 1. The van der Waals surface area contributed by atoms with E-state index in [2.05, 4.69) is 15.5 Å². The summed E-state index contributed by atoms with van der Waals surface area (Å²) in [4.78, 5) is 12.0. The molecule has 1 heterocycles. The van der Waals surface area contributed by atoms with Crippen molar-refractivity contribution in [2.24, 2.45) is 0 Å². The first-order valence-electron chi connectivity index (χ1n) is 5.99. The number of rotatable bonds is 4. The quantitative estimate of drug-likeness (QED) is 0.879. The van der Waals surface area contributed by atoms with Gasteiger partial charge < -0.3 is 5.32 Å². The fraction of sp³-hybridized carbons (Fsp3) is 0.308. The standard InChI is InChI=1S/C13H14FN3OS2/c1-7-4-5-10(6-11(7)14)15-12(18)8(2)19-13-17-16-9(3)20-13/h4-6,8H,1-3H3,(H,15,18)/t8-/m0/s1. The molecule has 2 rings (SSSR count). The minimum absolute atomic E-state index is 0.189. The van der Waals surface area contributed by atoms with Crippen LogP contribution in [0.5, 0.6) is 0 Å². The fourth-order valence-corrected chi connectivity index (χ4v) is 3.40. The number of benzene rings is 1. The normalized spacial score (nSPS) is 12.2. The van der Waals surface area contributed by atoms with Gasteiger partial charge in [0.1, 0.15) is 10.8 Å². The topological polar surface area (TPSA) is 54.9 Å². The monoisotopic (exact) mass is 311 g/mol. The summed E-state index contributed by atoms with van der Waals surface area (Å²) in [6.45, 7) is 5.32. The predicted octanol–water partition coefficient (Wildman–Crippen LogP) is 3.41. The Hall–Kier alpha value is -1.47. The van der Waals surface area contributed by atoms with Crippen LogP contribution in [-0.4, -0.2) is 21.4 Å². The van der Waals surface area contributed by atoms with E-state index in [1.165, 1.54) is 29.2 Å². The second-order valence-corrected chi connectivity index (χ2v) is 7.07. The van der Waals surface area contributed by atoms with Crippen LogP contribution in [0.4, 0.5) is 10.1 Å². The van der Waals surface area contributed by atoms with Crippen molar-refractivity contribution in [3.8, 4) is 0 Å². The summed E-state index contributed by atoms with van der Waals surface area (Å²) < 4.78 is 14.2. The number of nitrogens with one attached hydrogen (secondary N) is 1. The highest BCUT2D eigenvalue weighted by molar-refractivity contribution is 8.02. The van der Waals surface area contributed by atoms with Crippen LogP contribution in [0.15, 0.2) is 22.5 Å². The smallest absolute Gasteiger partial charge is 0.237 e. The molecule has 1 aromatic heterocycles. The van der Waals surface area contributed by atoms with Gasteiger partial charge in [-0.25, -0.2) is 4.39 Å². The summed E-state index contributed by atoms with van der Waals surface area (Å²) in [6.07, 6.45) is 0. The first-order valence-corrected chi connectivity index (χ1v) is 7.69. The average molecular weight is 311 g/mol. The average Bonchev–Trinajstić information content (AvgIpc) is 2.79. The molecule has 0 aliphatic rings. The Morgan fingerprint density at radius 1 is 1.40 bits per heavy atom. The van der Waals surface area contributed by atoms with Crippen LogP contribution in [-0.2, 0) is 4.79 Å². The van der Waals surface area contributed by atoms with Gasteiger partial charge in [-0.2, -0.15) is 0 Å². The first-order chi connectivity index (χ1) is 9.45. The molecule has 0 spiro atoms. The van der Waals surface area contributed by atoms with E-state index in [1.54, 1.807) is 26.0 Å². The molecule has 1 N–H and O–H groups in total. The number of aryl methyl sites for hydroxylation is 2. The number of hydrogen-bond acceptors (Lipinski definition) is 5. The predicted molar refractivity (Wildman–Crippen MR) is 79.7 cm³/mol. The Labute approximate surface area is 124 Å². The molecule has 20 heavy (non-hydrogen) atoms. The maximum atomic E-state index is 13.4. The van der Waals surface area contributed by atoms with Crippen molar-refractivity contribution >= 4 is 34.7 Å². The lowest BCUT2D eigenvalue weighted by atomic mass is 10.2. The lowest BCUT2D eigenvalue weighted by Gasteiger charge is -2.10. The Balaban J connectivity index is 1.98. The molecule has 0 unspecified atom stereocenters. The molecular formula is C13H14FN3OS2. The van der Waals surface area contributed by atoms with E-state index in [-0.39, 0.29) is 17.0 Å². The van der Waals surface area contributed by atoms with E-state index >= 15 is 0 Å². The molecule has 0 saturated carbocycles. The summed E-state index contributed by atoms with van der Waals surface area (Å²) in [7, 11) is 0. The van der Waals surface area contributed by atoms with Gasteiger partial charge >= 0.3 is 0 Å². The summed E-state index contributed by atoms with van der Waals surface area (Å²) in [5, 5.41) is 11.1. The van der Waals surface area contributed by atoms with Gasteiger partial charge in [0.05, 0.1) is 5.25 Å². The molecule has 7 heteroatoms. The first kappa shape index (κ1) is 14.9. The van der Waals surface area contributed by atoms with Crippen LogP contribution in [0, 0.1) is 19.7 Å². The van der Waals surface area contributed by atoms with E-state index in [4.69, 9.17) is 0 Å². The molecule has 0 aliphatic heterocycles. The van der Waals surface area contributed by atoms with Crippen molar-refractivity contribution in [1.82, 2.24) is 10.2 Å². The van der Waals surface area contributed by atoms with Crippen LogP contribution in [0.1, 0.15) is 17.5 Å². The molecular weight excluding hydrogens is 297 g/mol. The largest absolute Gasteiger partial charge is 0.325 e. The van der Waals surface area contributed by atoms with E-state index in [0.29, 0.717) is 11.3 Å². The molecule has 0 fully saturated rings. The lowest BCUT2D eigenvalue weighted by molar-refractivity contribution is -0.115. The molecule has 0 saturated heterocycles. The third-order valence-corrected chi connectivity index (χ3v) is 4.62. The Bertz CT molecular complexity index is 630. The Kier molecular flexibility index (Phi) is 4.72. The summed E-state index contributed by atoms with van der Waals surface area (Å²) in [5.41, 5.74) is 1.01. The molecule has 0 aliphatic carbocycles. The summed E-state index contributed by atoms with van der Waals surface area (Å²) in [5.74, 6) is -0.519. The minimum Gasteiger partial charge on any atom is -0.325 e. The number of hydrogen-bond donors (Lipinski definition) is 1. The van der Waals surface area contributed by atoms with Crippen molar-refractivity contribution in [1.29, 1.82) is 0 Å². The highest BCUT2D eigenvalue weighted by Crippen LogP contribution is 2.27. The van der Waals surface area contributed by atoms with Crippen LogP contribution >= 0.6 is 23.1 Å². The number of anilines is 1. The molecule has 0 radical (unpaired) electrons. The van der Waals surface area contributed by atoms with Crippen molar-refractivity contribution in [2.75, 3.05) is 5.32 Å². The van der Waals surface area contributed by atoms with Crippen LogP contribution in [0.2, 0.25) is 0 Å². The van der Waals surface area contributed by atoms with Gasteiger partial charge in [-0.3, -0.25) is 4.79 Å². The number of amides is 1. The van der Waals surface area contributed by atoms with Crippen LogP contribution < -0.4 is 5.32 Å². The van der Waals surface area contributed by atoms with Gasteiger partial charge in [0, 0.05) is 5.69 Å². The molecule has 4 nitrogen and oxygen atoms in total. The zero-order chi connectivity index (χ0) is 14.7. The number of carbonyl (C=O) groups is 1. The van der Waals surface area contributed by atoms with Crippen molar-refractivity contribution in [2.45, 2.75) is 30.4 Å². The van der Waals surface area contributed by atoms with Gasteiger partial charge in [-0.05, 0) is 38.5 Å². The van der Waals surface area contributed by atoms with Gasteiger partial charge in [-0.1, -0.05) is 29.2 Å². The number of nitrogens with zero attached hydrogens (tertiary/aromatic N) is 2. The fourth-order valence-electron chi connectivity index (χ4n) is 1.45. The van der Waals surface area contributed by atoms with E-state index in [0.717, 1.165) is 9.35 Å². The lowest BCUT2D eigenvalue weighted by Crippen LogP contribution is -2.22. The van der Waals surface area contributed by atoms with E-state index in [1.807, 2.05) is 6.92 Å². The van der Waals surface area contributed by atoms with Gasteiger partial charge in [0.15, 0.2) is 4.34 Å². The maximum Gasteiger partial charge on any atom is 0.237 e. The molecule has 1 amide bonds. The van der Waals surface area contributed by atoms with E-state index < -0.39 is 0 Å². The highest BCUT2D eigenvalue weighted by atomic mass is 32.2. The Morgan fingerprint density at radius 2 is 2.15 bits per heavy atom. The Morgan fingerprint density at radius 3 is 2.75 bits per heavy atom. The minimum atomic E-state index is -0.331. The number of thioether (sulfide) groups is 1. The second-order valence-electron chi connectivity index (χ2n) is 4.30. The van der Waals surface area contributed by atoms with Crippen molar-refractivity contribution < 1.29 is 9.18 Å². The van der Waals surface area contributed by atoms with Crippen molar-refractivity contribution in [3.63, 3.8) is 0 Å². The molecule has 2 aromatic rings. The molecule has 1 atom stereocenters. The van der Waals surface area contributed by atoms with Crippen LogP contribution in [0.3, 0.4) is 0 Å². The summed E-state index contributed by atoms with van der Waals surface area (Å²) in [6, 6.07) is 4.64. The highest BCUT2D eigenvalue weighted by Gasteiger charge is 2.17. The van der Waals surface area contributed by atoms with Crippen molar-refractivity contribution in [3.05, 3.63) is 34.6 Å². The SMILES string of the molecule is Cc1nnc(S[C@@H](C)C(=O)Nc2ccc(C)c(F)c2)s1. The molecule has 106 valence electrons. The van der Waals surface area contributed by atoms with Gasteiger partial charge in [-0.15, -0.1) is 10.2 Å². The van der Waals surface area contributed by atoms with E-state index in [9.17, 15) is 9.18 Å². The molecule has 1 aromatic carbocycles. The number of aromatic nitrogens is 2. The van der Waals surface area contributed by atoms with Gasteiger partial charge in [0.2, 0.25) is 5.91 Å². The summed E-state index contributed by atoms with van der Waals surface area (Å²) >= 11 is 2.78. The maximum absolute atomic E-state index is 13.4. The third-order valence-electron chi connectivity index (χ3n) is 2.59. The number of halogens is 1. The van der Waals surface area contributed by atoms with Crippen LogP contribution in [0.25, 0.3) is 0 Å². The zero-order valence-electron chi connectivity index (χ0n) is 11.3. The zero-order valence-corrected chi connectivity index (χ0v) is 12.9. The second kappa shape index (κ2) is 6.32. The molecule has 0 bridgehead atoms. The van der Waals surface area contributed by atoms with Gasteiger partial charge in [0.25, 0.3) is 0 Å². The third kappa shape index (κ3) is 3.77.